The van der Waals surface area contributed by atoms with Crippen LogP contribution >= 0.6 is 0 Å². The lowest BCUT2D eigenvalue weighted by Crippen LogP contribution is -2.34. The first-order chi connectivity index (χ1) is 21.7. The van der Waals surface area contributed by atoms with E-state index in [1.54, 1.807) is 0 Å². The van der Waals surface area contributed by atoms with E-state index in [1.165, 1.54) is 24.0 Å². The zero-order valence-electron chi connectivity index (χ0n) is 30.1. The average Bonchev–Trinajstić information content (AvgIpc) is 3.53. The Morgan fingerprint density at radius 3 is 2.40 bits per heavy atom. The average molecular weight is 623 g/mol. The summed E-state index contributed by atoms with van der Waals surface area (Å²) in [7, 11) is 0. The van der Waals surface area contributed by atoms with Crippen LogP contribution in [0.5, 0.6) is 0 Å². The zero-order chi connectivity index (χ0) is 33.6. The lowest BCUT2D eigenvalue weighted by atomic mass is 9.87. The molecule has 1 aromatic carbocycles. The van der Waals surface area contributed by atoms with Gasteiger partial charge in [-0.15, -0.1) is 0 Å². The van der Waals surface area contributed by atoms with E-state index in [9.17, 15) is 9.65 Å². The third-order valence-corrected chi connectivity index (χ3v) is 9.48. The molecular weight excluding hydrogens is 559 g/mol. The molecule has 2 aromatic rings. The van der Waals surface area contributed by atoms with Gasteiger partial charge >= 0.3 is 0 Å². The summed E-state index contributed by atoms with van der Waals surface area (Å²) in [4.78, 5) is 14.8. The summed E-state index contributed by atoms with van der Waals surface area (Å²) in [5.41, 5.74) is 12.2. The number of fused-ring (bicyclic) bond motifs is 1. The maximum atomic E-state index is 12.8. The number of nitrogens with two attached hydrogens (primary N) is 1. The highest BCUT2D eigenvalue weighted by molar-refractivity contribution is 5.62. The number of nitrogens with zero attached hydrogens (tertiary/aromatic N) is 5. The van der Waals surface area contributed by atoms with Crippen LogP contribution in [0.25, 0.3) is 0 Å². The second kappa shape index (κ2) is 19.1. The first-order valence-corrected chi connectivity index (χ1v) is 18.0. The molecule has 6 nitrogen and oxygen atoms in total. The molecule has 2 unspecified atom stereocenters. The fourth-order valence-corrected chi connectivity index (χ4v) is 6.84. The number of aromatic nitrogens is 2. The second-order valence-corrected chi connectivity index (χ2v) is 12.9. The summed E-state index contributed by atoms with van der Waals surface area (Å²) in [6, 6.07) is 6.38. The van der Waals surface area contributed by atoms with Crippen LogP contribution in [0, 0.1) is 11.3 Å². The third kappa shape index (κ3) is 9.88. The number of hydrogen-bond acceptors (Lipinski definition) is 6. The molecule has 45 heavy (non-hydrogen) atoms. The minimum absolute atomic E-state index is 0.236. The molecule has 7 heteroatoms. The van der Waals surface area contributed by atoms with Crippen LogP contribution in [-0.2, 0) is 19.3 Å². The standard InChI is InChI=1S/C28H43N5.C8H14FN.C2H6/c1-7-12-17-33(16-9-3)28-22(13-8-2)26(31-27(11-5)32-28)18-23-21(20(6)10-4)14-15-25(30)24(23)19-29;1-8-3-2-4-10(8)6-7(9)5-8;1-2/h14-15,20H,7-13,16-18,30H2,1-6H3;7H,2-6H2,1H3;1-2H3/t20-;;/m0../s1. The number of rotatable bonds is 13. The van der Waals surface area contributed by atoms with E-state index in [0.717, 1.165) is 93.9 Å². The SMILES string of the molecule is CC.CC12CCCN1CC(F)C2.CCCCN(CCC)c1nc(CC)nc(Cc2c([C@@H](C)CC)ccc(N)c2C#N)c1CCC. The monoisotopic (exact) mass is 623 g/mol. The van der Waals surface area contributed by atoms with Gasteiger partial charge in [0.05, 0.1) is 11.3 Å². The van der Waals surface area contributed by atoms with Crippen molar-refractivity contribution in [1.29, 1.82) is 5.26 Å². The van der Waals surface area contributed by atoms with Gasteiger partial charge in [-0.2, -0.15) is 5.26 Å². The number of unbranched alkanes of at least 4 members (excludes halogenated alkanes) is 1. The summed E-state index contributed by atoms with van der Waals surface area (Å²) in [5, 5.41) is 9.97. The van der Waals surface area contributed by atoms with E-state index < -0.39 is 6.17 Å². The Hall–Kier alpha value is -2.72. The number of hydrogen-bond donors (Lipinski definition) is 1. The zero-order valence-corrected chi connectivity index (χ0v) is 30.1. The highest BCUT2D eigenvalue weighted by atomic mass is 19.1. The first kappa shape index (κ1) is 38.5. The van der Waals surface area contributed by atoms with Gasteiger partial charge in [-0.25, -0.2) is 14.4 Å². The first-order valence-electron chi connectivity index (χ1n) is 18.0. The van der Waals surface area contributed by atoms with Gasteiger partial charge in [-0.05, 0) is 81.5 Å². The Morgan fingerprint density at radius 1 is 1.09 bits per heavy atom. The Morgan fingerprint density at radius 2 is 1.82 bits per heavy atom. The van der Waals surface area contributed by atoms with Crippen molar-refractivity contribution in [2.45, 2.75) is 151 Å². The molecule has 2 N–H and O–H groups in total. The quantitative estimate of drug-likeness (QED) is 0.224. The molecule has 0 saturated carbocycles. The molecular formula is C38H63FN6. The molecule has 2 fully saturated rings. The van der Waals surface area contributed by atoms with E-state index in [0.29, 0.717) is 30.1 Å². The Labute approximate surface area is 275 Å². The van der Waals surface area contributed by atoms with Crippen molar-refractivity contribution in [3.05, 3.63) is 45.9 Å². The lowest BCUT2D eigenvalue weighted by molar-refractivity contribution is 0.217. The fourth-order valence-electron chi connectivity index (χ4n) is 6.84. The fraction of sp³-hybridized carbons (Fsp3) is 0.711. The molecule has 3 heterocycles. The van der Waals surface area contributed by atoms with Gasteiger partial charge in [0, 0.05) is 49.3 Å². The predicted molar refractivity (Wildman–Crippen MR) is 190 cm³/mol. The highest BCUT2D eigenvalue weighted by Gasteiger charge is 2.44. The van der Waals surface area contributed by atoms with Gasteiger partial charge in [0.25, 0.3) is 0 Å². The van der Waals surface area contributed by atoms with Gasteiger partial charge in [0.2, 0.25) is 0 Å². The molecule has 0 bridgehead atoms. The highest BCUT2D eigenvalue weighted by Crippen LogP contribution is 2.39. The van der Waals surface area contributed by atoms with Crippen LogP contribution in [0.15, 0.2) is 12.1 Å². The largest absolute Gasteiger partial charge is 0.398 e. The maximum absolute atomic E-state index is 12.8. The van der Waals surface area contributed by atoms with Crippen LogP contribution in [0.2, 0.25) is 0 Å². The van der Waals surface area contributed by atoms with Gasteiger partial charge in [-0.1, -0.05) is 74.3 Å². The van der Waals surface area contributed by atoms with Crippen LogP contribution in [0.1, 0.15) is 153 Å². The minimum atomic E-state index is -0.551. The minimum Gasteiger partial charge on any atom is -0.398 e. The molecule has 0 radical (unpaired) electrons. The van der Waals surface area contributed by atoms with Crippen LogP contribution in [0.3, 0.4) is 0 Å². The summed E-state index contributed by atoms with van der Waals surface area (Å²) < 4.78 is 12.8. The van der Waals surface area contributed by atoms with E-state index >= 15 is 0 Å². The van der Waals surface area contributed by atoms with Gasteiger partial charge in [0.15, 0.2) is 0 Å². The van der Waals surface area contributed by atoms with Crippen molar-refractivity contribution in [2.75, 3.05) is 36.8 Å². The van der Waals surface area contributed by atoms with Gasteiger partial charge in [0.1, 0.15) is 23.9 Å². The Balaban J connectivity index is 0.000000486. The molecule has 0 amide bonds. The van der Waals surface area contributed by atoms with E-state index in [1.807, 2.05) is 19.9 Å². The lowest BCUT2D eigenvalue weighted by Gasteiger charge is -2.28. The molecule has 1 aromatic heterocycles. The van der Waals surface area contributed by atoms with Crippen LogP contribution in [0.4, 0.5) is 15.9 Å². The van der Waals surface area contributed by atoms with Crippen molar-refractivity contribution in [2.24, 2.45) is 0 Å². The molecule has 0 spiro atoms. The van der Waals surface area contributed by atoms with Crippen molar-refractivity contribution in [3.8, 4) is 6.07 Å². The molecule has 252 valence electrons. The van der Waals surface area contributed by atoms with Crippen molar-refractivity contribution in [1.82, 2.24) is 14.9 Å². The summed E-state index contributed by atoms with van der Waals surface area (Å²) >= 11 is 0. The Bertz CT molecular complexity index is 1220. The smallest absolute Gasteiger partial charge is 0.135 e. The molecule has 4 rings (SSSR count). The topological polar surface area (TPSA) is 82.1 Å². The summed E-state index contributed by atoms with van der Waals surface area (Å²) in [5.74, 6) is 2.34. The number of anilines is 2. The molecule has 2 aliphatic heterocycles. The summed E-state index contributed by atoms with van der Waals surface area (Å²) in [6.45, 7) is 23.2. The molecule has 2 saturated heterocycles. The normalized spacial score (nSPS) is 19.5. The number of nitriles is 1. The molecule has 2 aliphatic rings. The number of nitrogen functional groups attached to an aromatic ring is 1. The number of halogens is 1. The third-order valence-electron chi connectivity index (χ3n) is 9.48. The van der Waals surface area contributed by atoms with Crippen molar-refractivity contribution >= 4 is 11.5 Å². The van der Waals surface area contributed by atoms with Crippen molar-refractivity contribution < 1.29 is 4.39 Å². The second-order valence-electron chi connectivity index (χ2n) is 12.9. The van der Waals surface area contributed by atoms with Gasteiger partial charge in [-0.3, -0.25) is 4.90 Å². The van der Waals surface area contributed by atoms with Gasteiger partial charge < -0.3 is 10.6 Å². The predicted octanol–water partition coefficient (Wildman–Crippen LogP) is 9.18. The number of alkyl halides is 1. The summed E-state index contributed by atoms with van der Waals surface area (Å²) in [6.07, 6.45) is 10.5. The van der Waals surface area contributed by atoms with Crippen LogP contribution < -0.4 is 10.6 Å². The van der Waals surface area contributed by atoms with E-state index in [4.69, 9.17) is 15.7 Å². The number of benzene rings is 1. The van der Waals surface area contributed by atoms with Crippen molar-refractivity contribution in [3.63, 3.8) is 0 Å². The van der Waals surface area contributed by atoms with Crippen LogP contribution in [-0.4, -0.2) is 52.8 Å². The molecule has 3 atom stereocenters. The van der Waals surface area contributed by atoms with E-state index in [2.05, 4.69) is 70.4 Å². The maximum Gasteiger partial charge on any atom is 0.135 e. The molecule has 0 aliphatic carbocycles. The number of aryl methyl sites for hydroxylation is 1. The van der Waals surface area contributed by atoms with E-state index in [-0.39, 0.29) is 5.54 Å². The Kier molecular flexibility index (Phi) is 16.3.